The predicted molar refractivity (Wildman–Crippen MR) is 105 cm³/mol. The van der Waals surface area contributed by atoms with Crippen LogP contribution in [0.25, 0.3) is 0 Å². The minimum absolute atomic E-state index is 0.123. The van der Waals surface area contributed by atoms with Crippen LogP contribution in [0.1, 0.15) is 42.5 Å². The maximum atomic E-state index is 12.8. The second kappa shape index (κ2) is 7.53. The van der Waals surface area contributed by atoms with E-state index in [1.807, 2.05) is 0 Å². The topological polar surface area (TPSA) is 120 Å². The fourth-order valence-corrected chi connectivity index (χ4v) is 3.14. The van der Waals surface area contributed by atoms with Gasteiger partial charge in [-0.3, -0.25) is 19.6 Å². The molecule has 2 heterocycles. The summed E-state index contributed by atoms with van der Waals surface area (Å²) in [7, 11) is 1.74. The van der Waals surface area contributed by atoms with E-state index in [1.165, 1.54) is 18.2 Å². The zero-order chi connectivity index (χ0) is 21.3. The van der Waals surface area contributed by atoms with E-state index in [0.717, 1.165) is 5.69 Å². The number of amides is 2. The second-order valence-corrected chi connectivity index (χ2v) is 7.81. The molecule has 0 spiro atoms. The number of anilines is 1. The monoisotopic (exact) mass is 401 g/mol. The first-order chi connectivity index (χ1) is 13.5. The van der Waals surface area contributed by atoms with Gasteiger partial charge in [0.05, 0.1) is 11.5 Å². The van der Waals surface area contributed by atoms with Crippen molar-refractivity contribution in [2.24, 2.45) is 7.05 Å². The molecular formula is C19H23N5O5. The van der Waals surface area contributed by atoms with Gasteiger partial charge in [0.15, 0.2) is 5.69 Å². The number of hydrogen-bond donors (Lipinski definition) is 1. The lowest BCUT2D eigenvalue weighted by molar-refractivity contribution is -0.384. The maximum Gasteiger partial charge on any atom is 0.410 e. The molecule has 1 aliphatic heterocycles. The van der Waals surface area contributed by atoms with Crippen molar-refractivity contribution < 1.29 is 19.2 Å². The van der Waals surface area contributed by atoms with Gasteiger partial charge < -0.3 is 15.0 Å². The van der Waals surface area contributed by atoms with Crippen LogP contribution in [0.2, 0.25) is 0 Å². The molecule has 154 valence electrons. The molecule has 0 saturated carbocycles. The van der Waals surface area contributed by atoms with Crippen molar-refractivity contribution in [1.29, 1.82) is 0 Å². The zero-order valence-corrected chi connectivity index (χ0v) is 16.8. The van der Waals surface area contributed by atoms with E-state index in [4.69, 9.17) is 4.74 Å². The Morgan fingerprint density at radius 2 is 2.03 bits per heavy atom. The quantitative estimate of drug-likeness (QED) is 0.624. The Kier molecular flexibility index (Phi) is 5.27. The number of nitro groups is 1. The summed E-state index contributed by atoms with van der Waals surface area (Å²) in [6.45, 7) is 6.05. The lowest BCUT2D eigenvalue weighted by atomic mass is 10.0. The Hall–Kier alpha value is -3.43. The fourth-order valence-electron chi connectivity index (χ4n) is 3.14. The number of rotatable bonds is 3. The molecule has 0 saturated heterocycles. The van der Waals surface area contributed by atoms with Crippen LogP contribution in [0, 0.1) is 10.1 Å². The average Bonchev–Trinajstić information content (AvgIpc) is 2.97. The molecule has 1 aromatic heterocycles. The summed E-state index contributed by atoms with van der Waals surface area (Å²) in [4.78, 5) is 37.2. The molecule has 1 N–H and O–H groups in total. The van der Waals surface area contributed by atoms with Crippen molar-refractivity contribution in [3.63, 3.8) is 0 Å². The predicted octanol–water partition coefficient (Wildman–Crippen LogP) is 2.87. The number of hydrogen-bond acceptors (Lipinski definition) is 6. The number of non-ortho nitro benzene ring substituents is 1. The molecule has 1 aliphatic rings. The van der Waals surface area contributed by atoms with Gasteiger partial charge >= 0.3 is 6.09 Å². The Morgan fingerprint density at radius 1 is 1.31 bits per heavy atom. The number of nitrogens with zero attached hydrogens (tertiary/aromatic N) is 4. The third kappa shape index (κ3) is 4.53. The summed E-state index contributed by atoms with van der Waals surface area (Å²) in [6, 6.07) is 5.68. The SMILES string of the molecule is Cn1nc(C(=O)Nc2cccc([N+](=O)[O-])c2)c2c1CCN(C(=O)OC(C)(C)C)C2. The average molecular weight is 401 g/mol. The molecule has 1 aromatic carbocycles. The maximum absolute atomic E-state index is 12.8. The molecule has 2 aromatic rings. The number of fused-ring (bicyclic) bond motifs is 1. The zero-order valence-electron chi connectivity index (χ0n) is 16.8. The van der Waals surface area contributed by atoms with Crippen LogP contribution in [0.5, 0.6) is 0 Å². The van der Waals surface area contributed by atoms with Crippen LogP contribution in [-0.2, 0) is 24.8 Å². The number of carbonyl (C=O) groups is 2. The molecule has 0 radical (unpaired) electrons. The Balaban J connectivity index is 1.82. The molecular weight excluding hydrogens is 378 g/mol. The van der Waals surface area contributed by atoms with Crippen molar-refractivity contribution in [3.05, 3.63) is 51.3 Å². The summed E-state index contributed by atoms with van der Waals surface area (Å²) in [5, 5.41) is 17.9. The van der Waals surface area contributed by atoms with Gasteiger partial charge in [0.1, 0.15) is 5.60 Å². The number of benzene rings is 1. The van der Waals surface area contributed by atoms with E-state index in [0.29, 0.717) is 24.2 Å². The minimum Gasteiger partial charge on any atom is -0.444 e. The number of aryl methyl sites for hydroxylation is 1. The van der Waals surface area contributed by atoms with Gasteiger partial charge in [-0.15, -0.1) is 0 Å². The van der Waals surface area contributed by atoms with E-state index >= 15 is 0 Å². The van der Waals surface area contributed by atoms with Crippen LogP contribution in [-0.4, -0.2) is 43.7 Å². The standard InChI is InChI=1S/C19H23N5O5/c1-19(2,3)29-18(26)23-9-8-15-14(11-23)16(21-22(15)4)17(25)20-12-6-5-7-13(10-12)24(27)28/h5-7,10H,8-9,11H2,1-4H3,(H,20,25). The Labute approximate surface area is 167 Å². The van der Waals surface area contributed by atoms with Gasteiger partial charge in [0.2, 0.25) is 0 Å². The summed E-state index contributed by atoms with van der Waals surface area (Å²) in [5.74, 6) is -0.492. The molecule has 0 unspecified atom stereocenters. The van der Waals surface area contributed by atoms with Crippen LogP contribution >= 0.6 is 0 Å². The van der Waals surface area contributed by atoms with Crippen LogP contribution in [0.3, 0.4) is 0 Å². The largest absolute Gasteiger partial charge is 0.444 e. The van der Waals surface area contributed by atoms with Gasteiger partial charge in [-0.25, -0.2) is 4.79 Å². The van der Waals surface area contributed by atoms with Crippen molar-refractivity contribution in [2.75, 3.05) is 11.9 Å². The highest BCUT2D eigenvalue weighted by molar-refractivity contribution is 6.04. The van der Waals surface area contributed by atoms with Gasteiger partial charge in [0, 0.05) is 49.1 Å². The third-order valence-electron chi connectivity index (χ3n) is 4.42. The number of nitrogens with one attached hydrogen (secondary N) is 1. The van der Waals surface area contributed by atoms with E-state index < -0.39 is 22.5 Å². The molecule has 29 heavy (non-hydrogen) atoms. The third-order valence-corrected chi connectivity index (χ3v) is 4.42. The molecule has 0 bridgehead atoms. The molecule has 2 amide bonds. The first kappa shape index (κ1) is 20.3. The van der Waals surface area contributed by atoms with Crippen LogP contribution < -0.4 is 5.32 Å². The van der Waals surface area contributed by atoms with Crippen molar-refractivity contribution in [1.82, 2.24) is 14.7 Å². The summed E-state index contributed by atoms with van der Waals surface area (Å²) in [6.07, 6.45) is 0.0966. The highest BCUT2D eigenvalue weighted by Crippen LogP contribution is 2.25. The lowest BCUT2D eigenvalue weighted by Gasteiger charge is -2.30. The highest BCUT2D eigenvalue weighted by Gasteiger charge is 2.31. The van der Waals surface area contributed by atoms with E-state index in [2.05, 4.69) is 10.4 Å². The Morgan fingerprint density at radius 3 is 2.69 bits per heavy atom. The summed E-state index contributed by atoms with van der Waals surface area (Å²) >= 11 is 0. The van der Waals surface area contributed by atoms with Crippen LogP contribution in [0.15, 0.2) is 24.3 Å². The van der Waals surface area contributed by atoms with Gasteiger partial charge in [0.25, 0.3) is 11.6 Å². The molecule has 3 rings (SSSR count). The molecule has 0 atom stereocenters. The molecule has 0 fully saturated rings. The van der Waals surface area contributed by atoms with E-state index in [9.17, 15) is 19.7 Å². The second-order valence-electron chi connectivity index (χ2n) is 7.81. The number of ether oxygens (including phenoxy) is 1. The molecule has 0 aliphatic carbocycles. The molecule has 10 heteroatoms. The molecule has 10 nitrogen and oxygen atoms in total. The fraction of sp³-hybridized carbons (Fsp3) is 0.421. The van der Waals surface area contributed by atoms with Crippen molar-refractivity contribution in [2.45, 2.75) is 39.3 Å². The van der Waals surface area contributed by atoms with Gasteiger partial charge in [-0.1, -0.05) is 6.07 Å². The van der Waals surface area contributed by atoms with Gasteiger partial charge in [-0.2, -0.15) is 5.10 Å². The van der Waals surface area contributed by atoms with Crippen LogP contribution in [0.4, 0.5) is 16.2 Å². The minimum atomic E-state index is -0.617. The number of nitro benzene ring substituents is 1. The number of aromatic nitrogens is 2. The highest BCUT2D eigenvalue weighted by atomic mass is 16.6. The van der Waals surface area contributed by atoms with Crippen molar-refractivity contribution >= 4 is 23.4 Å². The summed E-state index contributed by atoms with van der Waals surface area (Å²) in [5.41, 5.74) is 1.25. The smallest absolute Gasteiger partial charge is 0.410 e. The van der Waals surface area contributed by atoms with Gasteiger partial charge in [-0.05, 0) is 26.8 Å². The van der Waals surface area contributed by atoms with Crippen molar-refractivity contribution in [3.8, 4) is 0 Å². The first-order valence-corrected chi connectivity index (χ1v) is 9.13. The van der Waals surface area contributed by atoms with E-state index in [-0.39, 0.29) is 17.9 Å². The first-order valence-electron chi connectivity index (χ1n) is 9.13. The number of carbonyl (C=O) groups excluding carboxylic acids is 2. The Bertz CT molecular complexity index is 976. The lowest BCUT2D eigenvalue weighted by Crippen LogP contribution is -2.40. The normalized spacial score (nSPS) is 13.6. The summed E-state index contributed by atoms with van der Waals surface area (Å²) < 4.78 is 7.06. The van der Waals surface area contributed by atoms with E-state index in [1.54, 1.807) is 43.5 Å².